The van der Waals surface area contributed by atoms with Crippen molar-refractivity contribution in [2.24, 2.45) is 0 Å². The number of quaternary nitrogens is 2. The van der Waals surface area contributed by atoms with E-state index in [1.165, 1.54) is 26.2 Å². The van der Waals surface area contributed by atoms with E-state index in [0.717, 1.165) is 22.1 Å². The van der Waals surface area contributed by atoms with Gasteiger partial charge in [0.05, 0.1) is 38.3 Å². The van der Waals surface area contributed by atoms with Gasteiger partial charge in [0.2, 0.25) is 0 Å². The number of rotatable bonds is 11. The summed E-state index contributed by atoms with van der Waals surface area (Å²) in [5, 5.41) is 0. The van der Waals surface area contributed by atoms with Crippen LogP contribution in [-0.4, -0.2) is 106 Å². The zero-order valence-corrected chi connectivity index (χ0v) is 27.2. The van der Waals surface area contributed by atoms with Crippen molar-refractivity contribution < 1.29 is 8.97 Å². The number of likely N-dealkylation sites (N-methyl/N-ethyl adjacent to an activating group) is 2. The third kappa shape index (κ3) is 9.37. The first-order chi connectivity index (χ1) is 14.8. The van der Waals surface area contributed by atoms with E-state index in [4.69, 9.17) is 0 Å². The van der Waals surface area contributed by atoms with Gasteiger partial charge in [0.1, 0.15) is 13.1 Å². The molecule has 34 heavy (non-hydrogen) atoms. The summed E-state index contributed by atoms with van der Waals surface area (Å²) in [6, 6.07) is 1.12. The third-order valence-electron chi connectivity index (χ3n) is 8.96. The van der Waals surface area contributed by atoms with Crippen LogP contribution in [0, 0.1) is 0 Å². The highest BCUT2D eigenvalue weighted by molar-refractivity contribution is 4.81. The predicted octanol–water partition coefficient (Wildman–Crippen LogP) is 6.49. The maximum absolute atomic E-state index is 2.68. The van der Waals surface area contributed by atoms with Gasteiger partial charge in [0.25, 0.3) is 0 Å². The highest BCUT2D eigenvalue weighted by Crippen LogP contribution is 2.29. The topological polar surface area (TPSA) is 6.48 Å². The van der Waals surface area contributed by atoms with Crippen LogP contribution in [0.4, 0.5) is 0 Å². The second kappa shape index (κ2) is 11.5. The molecule has 0 amide bonds. The molecule has 0 aliphatic heterocycles. The third-order valence-corrected chi connectivity index (χ3v) is 8.96. The molecule has 206 valence electrons. The first-order valence-electron chi connectivity index (χ1n) is 14.0. The van der Waals surface area contributed by atoms with Gasteiger partial charge in [-0.05, 0) is 111 Å². The Morgan fingerprint density at radius 2 is 0.706 bits per heavy atom. The average Bonchev–Trinajstić information content (AvgIpc) is 2.55. The van der Waals surface area contributed by atoms with Crippen molar-refractivity contribution in [2.45, 2.75) is 145 Å². The van der Waals surface area contributed by atoms with Gasteiger partial charge >= 0.3 is 0 Å². The molecule has 4 nitrogen and oxygen atoms in total. The molecule has 0 aromatic heterocycles. The second-order valence-electron chi connectivity index (χ2n) is 15.9. The van der Waals surface area contributed by atoms with Crippen LogP contribution in [0.5, 0.6) is 0 Å². The Bertz CT molecular complexity index is 543. The SMILES string of the molecule is CC(C)N(CC[N+](C)(CC[N+](C)(CCN(C(C)C)C(C)(C)C)C(C)(C)C)C(C)(C)C)C(C)(C)C. The summed E-state index contributed by atoms with van der Waals surface area (Å²) in [5.41, 5.74) is 0.803. The van der Waals surface area contributed by atoms with Crippen LogP contribution in [0.1, 0.15) is 111 Å². The van der Waals surface area contributed by atoms with E-state index in [9.17, 15) is 0 Å². The highest BCUT2D eigenvalue weighted by atomic mass is 15.5. The van der Waals surface area contributed by atoms with Gasteiger partial charge in [0, 0.05) is 36.3 Å². The Kier molecular flexibility index (Phi) is 11.4. The largest absolute Gasteiger partial charge is 0.316 e. The van der Waals surface area contributed by atoms with E-state index < -0.39 is 0 Å². The van der Waals surface area contributed by atoms with E-state index in [1.807, 2.05) is 0 Å². The molecule has 2 unspecified atom stereocenters. The van der Waals surface area contributed by atoms with Crippen molar-refractivity contribution in [2.75, 3.05) is 53.4 Å². The molecule has 0 N–H and O–H groups in total. The lowest BCUT2D eigenvalue weighted by molar-refractivity contribution is -1.00. The fourth-order valence-electron chi connectivity index (χ4n) is 5.40. The van der Waals surface area contributed by atoms with Crippen molar-refractivity contribution >= 4 is 0 Å². The Morgan fingerprint density at radius 1 is 0.471 bits per heavy atom. The summed E-state index contributed by atoms with van der Waals surface area (Å²) in [7, 11) is 5.01. The lowest BCUT2D eigenvalue weighted by Crippen LogP contribution is -2.68. The van der Waals surface area contributed by atoms with E-state index in [2.05, 4.69) is 135 Å². The van der Waals surface area contributed by atoms with Crippen LogP contribution in [-0.2, 0) is 0 Å². The lowest BCUT2D eigenvalue weighted by atomic mass is 9.98. The number of hydrogen-bond donors (Lipinski definition) is 0. The zero-order valence-electron chi connectivity index (χ0n) is 27.2. The molecular weight excluding hydrogens is 416 g/mol. The van der Waals surface area contributed by atoms with Crippen molar-refractivity contribution in [3.05, 3.63) is 0 Å². The van der Waals surface area contributed by atoms with Crippen LogP contribution in [0.3, 0.4) is 0 Å². The molecule has 0 aliphatic carbocycles. The Balaban J connectivity index is 5.82. The van der Waals surface area contributed by atoms with Crippen molar-refractivity contribution in [3.63, 3.8) is 0 Å². The van der Waals surface area contributed by atoms with Crippen LogP contribution in [0.15, 0.2) is 0 Å². The van der Waals surface area contributed by atoms with Gasteiger partial charge in [-0.25, -0.2) is 0 Å². The summed E-state index contributed by atoms with van der Waals surface area (Å²) in [6.07, 6.45) is 0. The van der Waals surface area contributed by atoms with Crippen LogP contribution in [0.2, 0.25) is 0 Å². The highest BCUT2D eigenvalue weighted by Gasteiger charge is 2.43. The van der Waals surface area contributed by atoms with E-state index in [1.54, 1.807) is 0 Å². The Hall–Kier alpha value is -0.160. The van der Waals surface area contributed by atoms with Gasteiger partial charge in [-0.3, -0.25) is 9.80 Å². The molecule has 0 rings (SSSR count). The van der Waals surface area contributed by atoms with E-state index >= 15 is 0 Å². The molecule has 0 radical (unpaired) electrons. The maximum atomic E-state index is 2.68. The quantitative estimate of drug-likeness (QED) is 0.309. The lowest BCUT2D eigenvalue weighted by Gasteiger charge is -2.52. The van der Waals surface area contributed by atoms with Crippen LogP contribution in [0.25, 0.3) is 0 Å². The summed E-state index contributed by atoms with van der Waals surface area (Å²) in [4.78, 5) is 5.35. The van der Waals surface area contributed by atoms with Gasteiger partial charge in [0.15, 0.2) is 0 Å². The molecule has 0 saturated carbocycles. The molecule has 0 aliphatic rings. The number of hydrogen-bond acceptors (Lipinski definition) is 2. The van der Waals surface area contributed by atoms with E-state index in [0.29, 0.717) is 12.1 Å². The standard InChI is InChI=1S/C30H68N4/c1-25(2)31(27(5,6)7)19-21-33(17,29(11,12)13)23-24-34(18,30(14,15)16)22-20-32(26(3)4)28(8,9)10/h25-26H,19-24H2,1-18H3/q+2. The van der Waals surface area contributed by atoms with Crippen molar-refractivity contribution in [3.8, 4) is 0 Å². The molecule has 0 spiro atoms. The number of nitrogens with zero attached hydrogens (tertiary/aromatic N) is 4. The first kappa shape index (κ1) is 33.8. The molecule has 0 bridgehead atoms. The van der Waals surface area contributed by atoms with Crippen molar-refractivity contribution in [1.29, 1.82) is 0 Å². The molecule has 0 aromatic carbocycles. The van der Waals surface area contributed by atoms with Gasteiger partial charge in [-0.2, -0.15) is 0 Å². The fourth-order valence-corrected chi connectivity index (χ4v) is 5.40. The summed E-state index contributed by atoms with van der Waals surface area (Å²) in [6.45, 7) is 45.2. The van der Waals surface area contributed by atoms with Crippen LogP contribution >= 0.6 is 0 Å². The zero-order chi connectivity index (χ0) is 27.6. The Labute approximate surface area is 217 Å². The van der Waals surface area contributed by atoms with Gasteiger partial charge in [-0.15, -0.1) is 0 Å². The van der Waals surface area contributed by atoms with E-state index in [-0.39, 0.29) is 22.2 Å². The molecule has 4 heteroatoms. The minimum Gasteiger partial charge on any atom is -0.316 e. The smallest absolute Gasteiger partial charge is 0.129 e. The first-order valence-corrected chi connectivity index (χ1v) is 14.0. The molecule has 0 aromatic rings. The monoisotopic (exact) mass is 485 g/mol. The second-order valence-corrected chi connectivity index (χ2v) is 15.9. The molecule has 2 atom stereocenters. The Morgan fingerprint density at radius 3 is 0.853 bits per heavy atom. The average molecular weight is 485 g/mol. The van der Waals surface area contributed by atoms with Gasteiger partial charge < -0.3 is 8.97 Å². The molecule has 0 heterocycles. The minimum atomic E-state index is 0.195. The minimum absolute atomic E-state index is 0.195. The molecular formula is C30H68N4+2. The van der Waals surface area contributed by atoms with Crippen molar-refractivity contribution in [1.82, 2.24) is 9.80 Å². The summed E-state index contributed by atoms with van der Waals surface area (Å²) < 4.78 is 2.20. The summed E-state index contributed by atoms with van der Waals surface area (Å²) in [5.74, 6) is 0. The maximum Gasteiger partial charge on any atom is 0.129 e. The molecule has 0 fully saturated rings. The van der Waals surface area contributed by atoms with Gasteiger partial charge in [-0.1, -0.05) is 0 Å². The fraction of sp³-hybridized carbons (Fsp3) is 1.00. The predicted molar refractivity (Wildman–Crippen MR) is 155 cm³/mol. The summed E-state index contributed by atoms with van der Waals surface area (Å²) >= 11 is 0. The normalized spacial score (nSPS) is 18.2. The molecule has 0 saturated heterocycles. The van der Waals surface area contributed by atoms with Crippen LogP contribution < -0.4 is 0 Å².